The molecule has 0 aromatic rings. The van der Waals surface area contributed by atoms with E-state index >= 15 is 0 Å². The van der Waals surface area contributed by atoms with Crippen LogP contribution < -0.4 is 0 Å². The molecule has 0 radical (unpaired) electrons. The van der Waals surface area contributed by atoms with Gasteiger partial charge < -0.3 is 10.0 Å². The van der Waals surface area contributed by atoms with Crippen LogP contribution in [-0.2, 0) is 0 Å². The van der Waals surface area contributed by atoms with Crippen LogP contribution in [0.25, 0.3) is 0 Å². The SMILES string of the molecule is CN1CC(CCO)N(C2CCCCC2)C(C)(C)C1. The third-order valence-electron chi connectivity index (χ3n) is 4.70. The quantitative estimate of drug-likeness (QED) is 0.835. The molecule has 1 aliphatic heterocycles. The summed E-state index contributed by atoms with van der Waals surface area (Å²) >= 11 is 0. The molecule has 1 aliphatic carbocycles. The highest BCUT2D eigenvalue weighted by Gasteiger charge is 2.42. The molecule has 1 heterocycles. The van der Waals surface area contributed by atoms with Crippen LogP contribution in [0.3, 0.4) is 0 Å². The number of aliphatic hydroxyl groups is 1. The maximum absolute atomic E-state index is 9.35. The molecular weight excluding hydrogens is 224 g/mol. The van der Waals surface area contributed by atoms with Gasteiger partial charge in [0.25, 0.3) is 0 Å². The van der Waals surface area contributed by atoms with Crippen molar-refractivity contribution in [1.82, 2.24) is 9.80 Å². The van der Waals surface area contributed by atoms with E-state index in [9.17, 15) is 5.11 Å². The number of piperazine rings is 1. The Bertz CT molecular complexity index is 261. The van der Waals surface area contributed by atoms with Crippen LogP contribution in [0.4, 0.5) is 0 Å². The van der Waals surface area contributed by atoms with Gasteiger partial charge in [0, 0.05) is 37.3 Å². The molecular formula is C15H30N2O. The van der Waals surface area contributed by atoms with Gasteiger partial charge >= 0.3 is 0 Å². The lowest BCUT2D eigenvalue weighted by Crippen LogP contribution is -2.66. The molecule has 1 atom stereocenters. The molecule has 2 aliphatic rings. The first-order chi connectivity index (χ1) is 8.54. The molecule has 1 saturated heterocycles. The number of hydrogen-bond donors (Lipinski definition) is 1. The monoisotopic (exact) mass is 254 g/mol. The minimum atomic E-state index is 0.245. The molecule has 1 N–H and O–H groups in total. The molecule has 3 nitrogen and oxygen atoms in total. The van der Waals surface area contributed by atoms with Crippen LogP contribution in [0.2, 0.25) is 0 Å². The smallest absolute Gasteiger partial charge is 0.0446 e. The fraction of sp³-hybridized carbons (Fsp3) is 1.00. The second-order valence-corrected chi connectivity index (χ2v) is 6.87. The molecule has 2 rings (SSSR count). The second-order valence-electron chi connectivity index (χ2n) is 6.87. The van der Waals surface area contributed by atoms with Crippen molar-refractivity contribution in [2.24, 2.45) is 0 Å². The van der Waals surface area contributed by atoms with E-state index in [1.54, 1.807) is 0 Å². The van der Waals surface area contributed by atoms with Gasteiger partial charge in [-0.3, -0.25) is 4.90 Å². The van der Waals surface area contributed by atoms with Gasteiger partial charge in [-0.25, -0.2) is 0 Å². The number of hydrogen-bond acceptors (Lipinski definition) is 3. The zero-order valence-corrected chi connectivity index (χ0v) is 12.4. The van der Waals surface area contributed by atoms with Crippen molar-refractivity contribution in [1.29, 1.82) is 0 Å². The lowest BCUT2D eigenvalue weighted by atomic mass is 9.85. The van der Waals surface area contributed by atoms with Gasteiger partial charge in [0.1, 0.15) is 0 Å². The fourth-order valence-electron chi connectivity index (χ4n) is 4.28. The Balaban J connectivity index is 2.13. The molecule has 0 bridgehead atoms. The Kier molecular flexibility index (Phi) is 4.68. The van der Waals surface area contributed by atoms with E-state index in [1.165, 1.54) is 32.1 Å². The normalized spacial score (nSPS) is 31.7. The van der Waals surface area contributed by atoms with E-state index in [2.05, 4.69) is 30.7 Å². The zero-order valence-electron chi connectivity index (χ0n) is 12.4. The minimum absolute atomic E-state index is 0.245. The van der Waals surface area contributed by atoms with Crippen molar-refractivity contribution >= 4 is 0 Å². The van der Waals surface area contributed by atoms with E-state index in [4.69, 9.17) is 0 Å². The molecule has 0 amide bonds. The summed E-state index contributed by atoms with van der Waals surface area (Å²) in [5.41, 5.74) is 0.245. The highest BCUT2D eigenvalue weighted by atomic mass is 16.3. The van der Waals surface area contributed by atoms with Crippen LogP contribution >= 0.6 is 0 Å². The Hall–Kier alpha value is -0.120. The van der Waals surface area contributed by atoms with Crippen LogP contribution in [0, 0.1) is 0 Å². The topological polar surface area (TPSA) is 26.7 Å². The van der Waals surface area contributed by atoms with E-state index in [0.29, 0.717) is 12.6 Å². The predicted octanol–water partition coefficient (Wildman–Crippen LogP) is 2.10. The summed E-state index contributed by atoms with van der Waals surface area (Å²) in [6.45, 7) is 7.33. The standard InChI is InChI=1S/C15H30N2O/c1-15(2)12-16(3)11-14(9-10-18)17(15)13-7-5-4-6-8-13/h13-14,18H,4-12H2,1-3H3. The summed E-state index contributed by atoms with van der Waals surface area (Å²) in [5.74, 6) is 0. The van der Waals surface area contributed by atoms with Crippen molar-refractivity contribution in [3.63, 3.8) is 0 Å². The molecule has 0 spiro atoms. The summed E-state index contributed by atoms with van der Waals surface area (Å²) in [5, 5.41) is 9.35. The molecule has 2 fully saturated rings. The predicted molar refractivity (Wildman–Crippen MR) is 75.8 cm³/mol. The maximum Gasteiger partial charge on any atom is 0.0446 e. The number of nitrogens with zero attached hydrogens (tertiary/aromatic N) is 2. The highest BCUT2D eigenvalue weighted by molar-refractivity contribution is 4.98. The van der Waals surface area contributed by atoms with Crippen molar-refractivity contribution < 1.29 is 5.11 Å². The average molecular weight is 254 g/mol. The third-order valence-corrected chi connectivity index (χ3v) is 4.70. The van der Waals surface area contributed by atoms with Gasteiger partial charge in [-0.15, -0.1) is 0 Å². The Morgan fingerprint density at radius 3 is 2.44 bits per heavy atom. The van der Waals surface area contributed by atoms with Gasteiger partial charge in [0.2, 0.25) is 0 Å². The zero-order chi connectivity index (χ0) is 13.2. The number of rotatable bonds is 3. The lowest BCUT2D eigenvalue weighted by Gasteiger charge is -2.55. The van der Waals surface area contributed by atoms with Gasteiger partial charge in [-0.2, -0.15) is 0 Å². The molecule has 3 heteroatoms. The first kappa shape index (κ1) is 14.3. The summed E-state index contributed by atoms with van der Waals surface area (Å²) in [4.78, 5) is 5.18. The van der Waals surface area contributed by atoms with Crippen molar-refractivity contribution in [2.45, 2.75) is 70.0 Å². The number of aliphatic hydroxyl groups excluding tert-OH is 1. The lowest BCUT2D eigenvalue weighted by molar-refractivity contribution is -0.0620. The van der Waals surface area contributed by atoms with Gasteiger partial charge in [-0.1, -0.05) is 19.3 Å². The van der Waals surface area contributed by atoms with E-state index < -0.39 is 0 Å². The largest absolute Gasteiger partial charge is 0.396 e. The van der Waals surface area contributed by atoms with Crippen LogP contribution in [0.15, 0.2) is 0 Å². The van der Waals surface area contributed by atoms with Crippen LogP contribution in [0.5, 0.6) is 0 Å². The molecule has 0 aromatic carbocycles. The van der Waals surface area contributed by atoms with Crippen molar-refractivity contribution in [3.8, 4) is 0 Å². The Morgan fingerprint density at radius 2 is 1.83 bits per heavy atom. The number of likely N-dealkylation sites (N-methyl/N-ethyl adjacent to an activating group) is 1. The molecule has 106 valence electrons. The third kappa shape index (κ3) is 3.06. The maximum atomic E-state index is 9.35. The summed E-state index contributed by atoms with van der Waals surface area (Å²) < 4.78 is 0. The fourth-order valence-corrected chi connectivity index (χ4v) is 4.28. The van der Waals surface area contributed by atoms with Crippen molar-refractivity contribution in [2.75, 3.05) is 26.7 Å². The summed E-state index contributed by atoms with van der Waals surface area (Å²) in [6, 6.07) is 1.28. The average Bonchev–Trinajstić information content (AvgIpc) is 2.28. The molecule has 1 saturated carbocycles. The first-order valence-corrected chi connectivity index (χ1v) is 7.62. The van der Waals surface area contributed by atoms with Crippen LogP contribution in [0.1, 0.15) is 52.4 Å². The first-order valence-electron chi connectivity index (χ1n) is 7.62. The van der Waals surface area contributed by atoms with Gasteiger partial charge in [0.15, 0.2) is 0 Å². The van der Waals surface area contributed by atoms with Crippen LogP contribution in [-0.4, -0.2) is 59.3 Å². The van der Waals surface area contributed by atoms with E-state index in [0.717, 1.165) is 25.6 Å². The minimum Gasteiger partial charge on any atom is -0.396 e. The second kappa shape index (κ2) is 5.89. The summed E-state index contributed by atoms with van der Waals surface area (Å²) in [6.07, 6.45) is 7.82. The van der Waals surface area contributed by atoms with Crippen molar-refractivity contribution in [3.05, 3.63) is 0 Å². The Morgan fingerprint density at radius 1 is 1.17 bits per heavy atom. The van der Waals surface area contributed by atoms with Gasteiger partial charge in [0.05, 0.1) is 0 Å². The molecule has 0 aromatic heterocycles. The van der Waals surface area contributed by atoms with E-state index in [-0.39, 0.29) is 5.54 Å². The summed E-state index contributed by atoms with van der Waals surface area (Å²) in [7, 11) is 2.21. The Labute approximate surface area is 112 Å². The van der Waals surface area contributed by atoms with E-state index in [1.807, 2.05) is 0 Å². The molecule has 18 heavy (non-hydrogen) atoms. The molecule has 1 unspecified atom stereocenters. The van der Waals surface area contributed by atoms with Gasteiger partial charge in [-0.05, 0) is 40.2 Å². The highest BCUT2D eigenvalue weighted by Crippen LogP contribution is 2.34.